The number of benzene rings is 3. The normalized spacial score (nSPS) is 12.1. The van der Waals surface area contributed by atoms with E-state index < -0.39 is 0 Å². The molecule has 0 aliphatic rings. The summed E-state index contributed by atoms with van der Waals surface area (Å²) in [5, 5.41) is 15.2. The highest BCUT2D eigenvalue weighted by Gasteiger charge is 2.17. The van der Waals surface area contributed by atoms with Crippen molar-refractivity contribution in [3.63, 3.8) is 0 Å². The molecule has 6 heteroatoms. The number of fused-ring (bicyclic) bond motifs is 3. The first-order valence-electron chi connectivity index (χ1n) is 9.19. The third kappa shape index (κ3) is 3.28. The van der Waals surface area contributed by atoms with Crippen LogP contribution in [0.4, 0.5) is 0 Å². The van der Waals surface area contributed by atoms with Crippen molar-refractivity contribution < 1.29 is 10.0 Å². The Bertz CT molecular complexity index is 1310. The lowest BCUT2D eigenvalue weighted by molar-refractivity contribution is 0.103. The summed E-state index contributed by atoms with van der Waals surface area (Å²) in [5.41, 5.74) is 4.42. The van der Waals surface area contributed by atoms with Gasteiger partial charge in [0, 0.05) is 44.5 Å². The third-order valence-electron chi connectivity index (χ3n) is 5.19. The van der Waals surface area contributed by atoms with Crippen molar-refractivity contribution in [3.05, 3.63) is 81.3 Å². The van der Waals surface area contributed by atoms with E-state index in [0.717, 1.165) is 33.9 Å². The molecular weight excluding hydrogens is 407 g/mol. The first-order valence-corrected chi connectivity index (χ1v) is 9.95. The molecule has 0 spiro atoms. The topological polar surface area (TPSA) is 54.6 Å². The highest BCUT2D eigenvalue weighted by Crippen LogP contribution is 2.32. The average Bonchev–Trinajstić information content (AvgIpc) is 3.04. The minimum atomic E-state index is -0.157. The molecule has 1 aromatic heterocycles. The van der Waals surface area contributed by atoms with Crippen LogP contribution in [-0.2, 0) is 6.54 Å². The Labute approximate surface area is 178 Å². The lowest BCUT2D eigenvalue weighted by atomic mass is 10.0. The first-order chi connectivity index (χ1) is 13.9. The summed E-state index contributed by atoms with van der Waals surface area (Å²) in [6.45, 7) is 4.63. The number of rotatable bonds is 4. The van der Waals surface area contributed by atoms with Crippen LogP contribution in [0.3, 0.4) is 0 Å². The fraction of sp³-hybridized carbons (Fsp3) is 0.130. The predicted molar refractivity (Wildman–Crippen MR) is 119 cm³/mol. The fourth-order valence-corrected chi connectivity index (χ4v) is 4.19. The van der Waals surface area contributed by atoms with Crippen molar-refractivity contribution in [2.75, 3.05) is 0 Å². The number of oxime groups is 1. The zero-order valence-corrected chi connectivity index (χ0v) is 17.4. The van der Waals surface area contributed by atoms with Crippen molar-refractivity contribution in [1.29, 1.82) is 0 Å². The highest BCUT2D eigenvalue weighted by molar-refractivity contribution is 6.37. The van der Waals surface area contributed by atoms with Crippen LogP contribution in [0.1, 0.15) is 35.3 Å². The summed E-state index contributed by atoms with van der Waals surface area (Å²) in [6, 6.07) is 16.5. The maximum absolute atomic E-state index is 13.1. The van der Waals surface area contributed by atoms with Crippen molar-refractivity contribution in [2.45, 2.75) is 20.4 Å². The number of aromatic nitrogens is 1. The highest BCUT2D eigenvalue weighted by atomic mass is 35.5. The Hall–Kier alpha value is -2.82. The van der Waals surface area contributed by atoms with Gasteiger partial charge in [-0.05, 0) is 67.9 Å². The predicted octanol–water partition coefficient (Wildman–Crippen LogP) is 6.55. The maximum atomic E-state index is 13.1. The van der Waals surface area contributed by atoms with Crippen LogP contribution in [0.25, 0.3) is 21.8 Å². The van der Waals surface area contributed by atoms with Crippen LogP contribution >= 0.6 is 23.2 Å². The van der Waals surface area contributed by atoms with Crippen molar-refractivity contribution in [3.8, 4) is 0 Å². The Morgan fingerprint density at radius 2 is 1.59 bits per heavy atom. The zero-order valence-electron chi connectivity index (χ0n) is 15.9. The number of carbonyl (C=O) groups is 1. The average molecular weight is 425 g/mol. The summed E-state index contributed by atoms with van der Waals surface area (Å²) in [6.07, 6.45) is 0. The van der Waals surface area contributed by atoms with Gasteiger partial charge in [-0.15, -0.1) is 0 Å². The molecule has 0 aliphatic heterocycles. The Kier molecular flexibility index (Phi) is 5.07. The summed E-state index contributed by atoms with van der Waals surface area (Å²) in [7, 11) is 0. The van der Waals surface area contributed by atoms with Crippen LogP contribution in [0, 0.1) is 0 Å². The monoisotopic (exact) mass is 424 g/mol. The van der Waals surface area contributed by atoms with E-state index in [-0.39, 0.29) is 5.78 Å². The number of hydrogen-bond acceptors (Lipinski definition) is 3. The van der Waals surface area contributed by atoms with E-state index in [0.29, 0.717) is 26.9 Å². The van der Waals surface area contributed by atoms with Crippen LogP contribution in [0.2, 0.25) is 10.0 Å². The molecule has 4 nitrogen and oxygen atoms in total. The van der Waals surface area contributed by atoms with Crippen LogP contribution < -0.4 is 0 Å². The second-order valence-electron chi connectivity index (χ2n) is 6.85. The van der Waals surface area contributed by atoms with E-state index in [2.05, 4.69) is 16.6 Å². The first kappa shape index (κ1) is 19.5. The quantitative estimate of drug-likeness (QED) is 0.174. The number of aryl methyl sites for hydroxylation is 1. The number of carbonyl (C=O) groups excluding carboxylic acids is 1. The van der Waals surface area contributed by atoms with Gasteiger partial charge in [-0.2, -0.15) is 0 Å². The van der Waals surface area contributed by atoms with Gasteiger partial charge in [0.15, 0.2) is 5.78 Å². The molecule has 1 heterocycles. The number of halogens is 2. The van der Waals surface area contributed by atoms with Crippen molar-refractivity contribution in [2.24, 2.45) is 5.16 Å². The molecule has 0 unspecified atom stereocenters. The van der Waals surface area contributed by atoms with E-state index in [9.17, 15) is 4.79 Å². The molecule has 0 saturated carbocycles. The van der Waals surface area contributed by atoms with Gasteiger partial charge in [0.25, 0.3) is 0 Å². The van der Waals surface area contributed by atoms with Crippen molar-refractivity contribution in [1.82, 2.24) is 4.57 Å². The molecular formula is C23H18Cl2N2O2. The molecule has 146 valence electrons. The molecule has 0 bridgehead atoms. The number of nitrogens with zero attached hydrogens (tertiary/aromatic N) is 2. The molecule has 0 radical (unpaired) electrons. The zero-order chi connectivity index (χ0) is 20.7. The molecule has 0 saturated heterocycles. The number of ketones is 1. The molecule has 0 aliphatic carbocycles. The van der Waals surface area contributed by atoms with Gasteiger partial charge in [0.05, 0.1) is 10.7 Å². The van der Waals surface area contributed by atoms with Gasteiger partial charge in [-0.25, -0.2) is 0 Å². The second-order valence-corrected chi connectivity index (χ2v) is 7.69. The van der Waals surface area contributed by atoms with Crippen LogP contribution in [-0.4, -0.2) is 21.3 Å². The van der Waals surface area contributed by atoms with Gasteiger partial charge >= 0.3 is 0 Å². The summed E-state index contributed by atoms with van der Waals surface area (Å²) in [4.78, 5) is 13.1. The van der Waals surface area contributed by atoms with E-state index in [1.54, 1.807) is 25.1 Å². The Morgan fingerprint density at radius 3 is 2.17 bits per heavy atom. The lowest BCUT2D eigenvalue weighted by Gasteiger charge is -2.06. The van der Waals surface area contributed by atoms with Gasteiger partial charge in [0.1, 0.15) is 0 Å². The molecule has 4 rings (SSSR count). The molecule has 0 atom stereocenters. The van der Waals surface area contributed by atoms with Gasteiger partial charge in [-0.3, -0.25) is 4.79 Å². The van der Waals surface area contributed by atoms with Gasteiger partial charge in [0.2, 0.25) is 0 Å². The minimum Gasteiger partial charge on any atom is -0.411 e. The smallest absolute Gasteiger partial charge is 0.194 e. The SMILES string of the molecule is CCn1c2ccc(C(=O)c3ccc(Cl)cc3Cl)cc2c2cc(C(C)=NO)ccc21. The minimum absolute atomic E-state index is 0.157. The molecule has 0 amide bonds. The van der Waals surface area contributed by atoms with Crippen LogP contribution in [0.15, 0.2) is 59.8 Å². The van der Waals surface area contributed by atoms with Gasteiger partial charge < -0.3 is 9.77 Å². The molecule has 1 N–H and O–H groups in total. The largest absolute Gasteiger partial charge is 0.411 e. The Morgan fingerprint density at radius 1 is 0.966 bits per heavy atom. The standard InChI is InChI=1S/C23H18Cl2N2O2/c1-3-27-21-8-4-14(13(2)26-29)10-18(21)19-11-15(5-9-22(19)27)23(28)17-7-6-16(24)12-20(17)25/h4-12,29H,3H2,1-2H3. The van der Waals surface area contributed by atoms with E-state index in [1.165, 1.54) is 0 Å². The molecule has 29 heavy (non-hydrogen) atoms. The lowest BCUT2D eigenvalue weighted by Crippen LogP contribution is -2.02. The van der Waals surface area contributed by atoms with Crippen molar-refractivity contribution >= 4 is 56.5 Å². The van der Waals surface area contributed by atoms with E-state index in [4.69, 9.17) is 28.4 Å². The Balaban J connectivity index is 1.94. The van der Waals surface area contributed by atoms with Gasteiger partial charge in [-0.1, -0.05) is 34.4 Å². The molecule has 0 fully saturated rings. The second kappa shape index (κ2) is 7.54. The fourth-order valence-electron chi connectivity index (χ4n) is 3.70. The maximum Gasteiger partial charge on any atom is 0.194 e. The van der Waals surface area contributed by atoms with E-state index in [1.807, 2.05) is 36.4 Å². The van der Waals surface area contributed by atoms with E-state index >= 15 is 0 Å². The summed E-state index contributed by atoms with van der Waals surface area (Å²) < 4.78 is 2.20. The summed E-state index contributed by atoms with van der Waals surface area (Å²) in [5.74, 6) is -0.157. The van der Waals surface area contributed by atoms with Crippen LogP contribution in [0.5, 0.6) is 0 Å². The third-order valence-corrected chi connectivity index (χ3v) is 5.73. The molecule has 4 aromatic rings. The summed E-state index contributed by atoms with van der Waals surface area (Å²) >= 11 is 12.2. The molecule has 3 aromatic carbocycles. The number of hydrogen-bond donors (Lipinski definition) is 1.